The van der Waals surface area contributed by atoms with Gasteiger partial charge in [0.05, 0.1) is 42.2 Å². The first-order valence-electron chi connectivity index (χ1n) is 10.3. The second-order valence-corrected chi connectivity index (χ2v) is 8.54. The predicted octanol–water partition coefficient (Wildman–Crippen LogP) is 2.82. The maximum Gasteiger partial charge on any atom is 0.310 e. The van der Waals surface area contributed by atoms with Crippen LogP contribution in [0.25, 0.3) is 5.69 Å². The smallest absolute Gasteiger partial charge is 0.310 e. The fourth-order valence-electron chi connectivity index (χ4n) is 3.70. The Morgan fingerprint density at radius 1 is 1.26 bits per heavy atom. The lowest BCUT2D eigenvalue weighted by atomic mass is 9.98. The molecule has 0 bridgehead atoms. The van der Waals surface area contributed by atoms with Crippen LogP contribution in [-0.4, -0.2) is 70.7 Å². The van der Waals surface area contributed by atoms with E-state index in [1.807, 2.05) is 31.2 Å². The van der Waals surface area contributed by atoms with Crippen LogP contribution < -0.4 is 0 Å². The lowest BCUT2D eigenvalue weighted by Gasteiger charge is -2.32. The molecule has 9 heteroatoms. The van der Waals surface area contributed by atoms with E-state index in [4.69, 9.17) is 4.74 Å². The second kappa shape index (κ2) is 10.1. The normalized spacial score (nSPS) is 16.1. The van der Waals surface area contributed by atoms with Crippen LogP contribution in [0.4, 0.5) is 0 Å². The van der Waals surface area contributed by atoms with Gasteiger partial charge in [0.25, 0.3) is 5.91 Å². The number of likely N-dealkylation sites (tertiary alicyclic amines) is 1. The van der Waals surface area contributed by atoms with Crippen LogP contribution in [0.15, 0.2) is 34.9 Å². The highest BCUT2D eigenvalue weighted by Crippen LogP contribution is 2.20. The van der Waals surface area contributed by atoms with Gasteiger partial charge in [-0.15, -0.1) is 0 Å². The third kappa shape index (κ3) is 5.33. The van der Waals surface area contributed by atoms with Crippen molar-refractivity contribution in [3.63, 3.8) is 0 Å². The molecular formula is C22H27BrN4O4. The number of nitrogens with zero attached hydrogens (tertiary/aromatic N) is 4. The molecule has 31 heavy (non-hydrogen) atoms. The van der Waals surface area contributed by atoms with E-state index < -0.39 is 0 Å². The highest BCUT2D eigenvalue weighted by molar-refractivity contribution is 9.10. The van der Waals surface area contributed by atoms with Gasteiger partial charge in [-0.25, -0.2) is 4.68 Å². The molecule has 1 aromatic carbocycles. The lowest BCUT2D eigenvalue weighted by molar-refractivity contribution is -0.151. The minimum absolute atomic E-state index is 0.0583. The number of aromatic nitrogens is 2. The zero-order chi connectivity index (χ0) is 22.5. The number of amides is 2. The van der Waals surface area contributed by atoms with Crippen molar-refractivity contribution in [1.82, 2.24) is 19.6 Å². The van der Waals surface area contributed by atoms with Gasteiger partial charge in [-0.1, -0.05) is 15.9 Å². The van der Waals surface area contributed by atoms with Crippen LogP contribution in [0.1, 0.15) is 35.8 Å². The predicted molar refractivity (Wildman–Crippen MR) is 119 cm³/mol. The first-order valence-corrected chi connectivity index (χ1v) is 11.1. The Balaban J connectivity index is 1.64. The van der Waals surface area contributed by atoms with Gasteiger partial charge in [-0.05, 0) is 51.0 Å². The van der Waals surface area contributed by atoms with Crippen molar-refractivity contribution < 1.29 is 19.1 Å². The third-order valence-corrected chi connectivity index (χ3v) is 5.95. The molecule has 2 amide bonds. The molecule has 1 aromatic heterocycles. The van der Waals surface area contributed by atoms with Gasteiger partial charge in [-0.3, -0.25) is 14.4 Å². The number of rotatable bonds is 6. The van der Waals surface area contributed by atoms with Gasteiger partial charge in [0.15, 0.2) is 0 Å². The first kappa shape index (κ1) is 23.0. The molecular weight excluding hydrogens is 464 g/mol. The summed E-state index contributed by atoms with van der Waals surface area (Å²) in [4.78, 5) is 40.8. The Morgan fingerprint density at radius 3 is 2.65 bits per heavy atom. The summed E-state index contributed by atoms with van der Waals surface area (Å²) in [6.07, 6.45) is 2.98. The summed E-state index contributed by atoms with van der Waals surface area (Å²) in [6, 6.07) is 7.62. The fraction of sp³-hybridized carbons (Fsp3) is 0.455. The van der Waals surface area contributed by atoms with Crippen LogP contribution in [0.2, 0.25) is 0 Å². The second-order valence-electron chi connectivity index (χ2n) is 7.62. The van der Waals surface area contributed by atoms with E-state index in [9.17, 15) is 14.4 Å². The molecule has 0 aliphatic carbocycles. The summed E-state index contributed by atoms with van der Waals surface area (Å²) >= 11 is 3.41. The molecule has 1 aliphatic rings. The number of likely N-dealkylation sites (N-methyl/N-ethyl adjacent to an activating group) is 1. The van der Waals surface area contributed by atoms with Crippen molar-refractivity contribution in [3.05, 3.63) is 46.2 Å². The minimum Gasteiger partial charge on any atom is -0.466 e. The van der Waals surface area contributed by atoms with Crippen LogP contribution in [-0.2, 0) is 14.3 Å². The summed E-state index contributed by atoms with van der Waals surface area (Å²) in [5, 5.41) is 4.34. The number of ether oxygens (including phenoxy) is 1. The maximum absolute atomic E-state index is 13.0. The molecule has 0 radical (unpaired) electrons. The molecule has 1 atom stereocenters. The van der Waals surface area contributed by atoms with Gasteiger partial charge in [0.2, 0.25) is 5.91 Å². The van der Waals surface area contributed by atoms with Gasteiger partial charge in [0.1, 0.15) is 0 Å². The summed E-state index contributed by atoms with van der Waals surface area (Å²) in [7, 11) is 1.60. The molecule has 1 aliphatic heterocycles. The molecule has 2 heterocycles. The van der Waals surface area contributed by atoms with Crippen LogP contribution >= 0.6 is 15.9 Å². The molecule has 2 aromatic rings. The monoisotopic (exact) mass is 490 g/mol. The van der Waals surface area contributed by atoms with E-state index in [-0.39, 0.29) is 30.2 Å². The number of esters is 1. The number of carbonyl (C=O) groups is 3. The van der Waals surface area contributed by atoms with Crippen molar-refractivity contribution in [3.8, 4) is 5.69 Å². The quantitative estimate of drug-likeness (QED) is 0.581. The summed E-state index contributed by atoms with van der Waals surface area (Å²) < 4.78 is 7.75. The Kier molecular flexibility index (Phi) is 7.48. The average molecular weight is 491 g/mol. The van der Waals surface area contributed by atoms with Crippen LogP contribution in [0, 0.1) is 12.8 Å². The Morgan fingerprint density at radius 2 is 1.97 bits per heavy atom. The molecule has 0 saturated carbocycles. The largest absolute Gasteiger partial charge is 0.466 e. The zero-order valence-corrected chi connectivity index (χ0v) is 19.6. The van der Waals surface area contributed by atoms with Gasteiger partial charge in [-0.2, -0.15) is 5.10 Å². The maximum atomic E-state index is 13.0. The van der Waals surface area contributed by atoms with E-state index >= 15 is 0 Å². The molecule has 166 valence electrons. The molecule has 1 fully saturated rings. The number of carbonyl (C=O) groups excluding carboxylic acids is 3. The molecule has 0 spiro atoms. The van der Waals surface area contributed by atoms with Crippen molar-refractivity contribution in [2.45, 2.75) is 26.7 Å². The van der Waals surface area contributed by atoms with E-state index in [2.05, 4.69) is 21.0 Å². The minimum atomic E-state index is -0.301. The molecule has 3 rings (SSSR count). The standard InChI is InChI=1S/C22H27BrN4O4/c1-4-31-22(30)16-6-5-11-26(13-16)20(28)14-25(3)21(29)19-12-24-27(15(19)2)18-9-7-17(23)8-10-18/h7-10,12,16H,4-6,11,13-14H2,1-3H3. The molecule has 1 saturated heterocycles. The highest BCUT2D eigenvalue weighted by Gasteiger charge is 2.30. The van der Waals surface area contributed by atoms with Crippen molar-refractivity contribution >= 4 is 33.7 Å². The number of hydrogen-bond donors (Lipinski definition) is 0. The fourth-order valence-corrected chi connectivity index (χ4v) is 3.96. The van der Waals surface area contributed by atoms with Crippen molar-refractivity contribution in [1.29, 1.82) is 0 Å². The molecule has 1 unspecified atom stereocenters. The lowest BCUT2D eigenvalue weighted by Crippen LogP contribution is -2.47. The Bertz CT molecular complexity index is 957. The Hall–Kier alpha value is -2.68. The van der Waals surface area contributed by atoms with E-state index in [1.165, 1.54) is 11.1 Å². The summed E-state index contributed by atoms with van der Waals surface area (Å²) in [6.45, 7) is 4.78. The number of benzene rings is 1. The summed E-state index contributed by atoms with van der Waals surface area (Å²) in [5.41, 5.74) is 1.99. The third-order valence-electron chi connectivity index (χ3n) is 5.42. The number of piperidine rings is 1. The van der Waals surface area contributed by atoms with Gasteiger partial charge >= 0.3 is 5.97 Å². The SMILES string of the molecule is CCOC(=O)C1CCCN(C(=O)CN(C)C(=O)c2cnn(-c3ccc(Br)cc3)c2C)C1. The van der Waals surface area contributed by atoms with E-state index in [0.717, 1.165) is 16.6 Å². The van der Waals surface area contributed by atoms with E-state index in [0.29, 0.717) is 37.4 Å². The Labute approximate surface area is 190 Å². The highest BCUT2D eigenvalue weighted by atomic mass is 79.9. The van der Waals surface area contributed by atoms with Crippen LogP contribution in [0.3, 0.4) is 0 Å². The first-order chi connectivity index (χ1) is 14.8. The van der Waals surface area contributed by atoms with Crippen molar-refractivity contribution in [2.75, 3.05) is 33.3 Å². The summed E-state index contributed by atoms with van der Waals surface area (Å²) in [5.74, 6) is -1.01. The average Bonchev–Trinajstić information content (AvgIpc) is 3.15. The number of halogens is 1. The number of hydrogen-bond acceptors (Lipinski definition) is 5. The molecule has 8 nitrogen and oxygen atoms in total. The van der Waals surface area contributed by atoms with E-state index in [1.54, 1.807) is 23.6 Å². The van der Waals surface area contributed by atoms with Crippen LogP contribution in [0.5, 0.6) is 0 Å². The zero-order valence-electron chi connectivity index (χ0n) is 18.0. The topological polar surface area (TPSA) is 84.7 Å². The van der Waals surface area contributed by atoms with Crippen molar-refractivity contribution in [2.24, 2.45) is 5.92 Å². The van der Waals surface area contributed by atoms with Gasteiger partial charge < -0.3 is 14.5 Å². The molecule has 0 N–H and O–H groups in total. The van der Waals surface area contributed by atoms with Gasteiger partial charge in [0, 0.05) is 24.6 Å².